The van der Waals surface area contributed by atoms with Gasteiger partial charge in [0.2, 0.25) is 0 Å². The molecule has 0 aliphatic carbocycles. The first-order valence-electron chi connectivity index (χ1n) is 7.04. The molecule has 126 valence electrons. The van der Waals surface area contributed by atoms with E-state index in [2.05, 4.69) is 10.5 Å². The van der Waals surface area contributed by atoms with Crippen molar-refractivity contribution < 1.29 is 18.7 Å². The van der Waals surface area contributed by atoms with E-state index in [0.29, 0.717) is 16.3 Å². The Morgan fingerprint density at radius 3 is 2.71 bits per heavy atom. The van der Waals surface area contributed by atoms with Crippen LogP contribution in [-0.4, -0.2) is 25.8 Å². The van der Waals surface area contributed by atoms with Crippen LogP contribution in [0.15, 0.2) is 41.5 Å². The minimum atomic E-state index is -0.505. The van der Waals surface area contributed by atoms with Crippen molar-refractivity contribution >= 4 is 23.7 Å². The number of hydrogen-bond donors (Lipinski definition) is 1. The minimum Gasteiger partial charge on any atom is -0.494 e. The van der Waals surface area contributed by atoms with Crippen molar-refractivity contribution in [1.82, 2.24) is 5.43 Å². The number of aryl methyl sites for hydroxylation is 1. The molecule has 24 heavy (non-hydrogen) atoms. The number of ether oxygens (including phenoxy) is 2. The first kappa shape index (κ1) is 17.7. The maximum atomic E-state index is 13.5. The lowest BCUT2D eigenvalue weighted by molar-refractivity contribution is -0.123. The molecule has 2 aromatic carbocycles. The van der Waals surface area contributed by atoms with Gasteiger partial charge in [-0.3, -0.25) is 4.79 Å². The van der Waals surface area contributed by atoms with Crippen LogP contribution in [0.5, 0.6) is 11.5 Å². The van der Waals surface area contributed by atoms with Gasteiger partial charge in [0.1, 0.15) is 5.75 Å². The summed E-state index contributed by atoms with van der Waals surface area (Å²) in [7, 11) is 1.38. The number of rotatable bonds is 6. The first-order valence-corrected chi connectivity index (χ1v) is 7.42. The Balaban J connectivity index is 1.85. The fourth-order valence-corrected chi connectivity index (χ4v) is 2.12. The summed E-state index contributed by atoms with van der Waals surface area (Å²) in [5, 5.41) is 4.35. The molecule has 1 amide bonds. The van der Waals surface area contributed by atoms with E-state index in [4.69, 9.17) is 21.1 Å². The molecule has 0 fully saturated rings. The predicted molar refractivity (Wildman–Crippen MR) is 90.4 cm³/mol. The number of methoxy groups -OCH3 is 1. The smallest absolute Gasteiger partial charge is 0.277 e. The first-order chi connectivity index (χ1) is 11.5. The van der Waals surface area contributed by atoms with Gasteiger partial charge in [-0.05, 0) is 54.4 Å². The van der Waals surface area contributed by atoms with Gasteiger partial charge in [-0.15, -0.1) is 0 Å². The van der Waals surface area contributed by atoms with E-state index in [1.807, 2.05) is 6.92 Å². The second-order valence-corrected chi connectivity index (χ2v) is 5.32. The van der Waals surface area contributed by atoms with Crippen molar-refractivity contribution in [3.63, 3.8) is 0 Å². The van der Waals surface area contributed by atoms with Crippen molar-refractivity contribution in [2.45, 2.75) is 6.92 Å². The van der Waals surface area contributed by atoms with Gasteiger partial charge in [0.05, 0.1) is 13.3 Å². The highest BCUT2D eigenvalue weighted by Gasteiger charge is 2.05. The summed E-state index contributed by atoms with van der Waals surface area (Å²) in [6.45, 7) is 1.63. The molecule has 0 bridgehead atoms. The monoisotopic (exact) mass is 350 g/mol. The molecule has 0 saturated heterocycles. The molecular formula is C17H16ClFN2O3. The van der Waals surface area contributed by atoms with E-state index in [9.17, 15) is 9.18 Å². The molecule has 7 heteroatoms. The van der Waals surface area contributed by atoms with Gasteiger partial charge < -0.3 is 9.47 Å². The van der Waals surface area contributed by atoms with Crippen LogP contribution in [0.3, 0.4) is 0 Å². The van der Waals surface area contributed by atoms with E-state index in [1.165, 1.54) is 25.5 Å². The molecule has 0 saturated carbocycles. The fourth-order valence-electron chi connectivity index (χ4n) is 1.89. The summed E-state index contributed by atoms with van der Waals surface area (Å²) >= 11 is 5.85. The molecule has 5 nitrogen and oxygen atoms in total. The van der Waals surface area contributed by atoms with E-state index in [0.717, 1.165) is 5.56 Å². The number of amides is 1. The number of nitrogens with one attached hydrogen (secondary N) is 1. The number of nitrogens with zero attached hydrogens (tertiary/aromatic N) is 1. The summed E-state index contributed by atoms with van der Waals surface area (Å²) < 4.78 is 23.7. The van der Waals surface area contributed by atoms with Crippen LogP contribution in [0.1, 0.15) is 11.1 Å². The van der Waals surface area contributed by atoms with Crippen LogP contribution in [-0.2, 0) is 4.79 Å². The van der Waals surface area contributed by atoms with Gasteiger partial charge in [-0.25, -0.2) is 9.82 Å². The summed E-state index contributed by atoms with van der Waals surface area (Å²) in [4.78, 5) is 11.7. The average molecular weight is 351 g/mol. The molecule has 0 aliphatic rings. The second-order valence-electron chi connectivity index (χ2n) is 4.89. The Labute approximate surface area is 144 Å². The van der Waals surface area contributed by atoms with Gasteiger partial charge in [0.25, 0.3) is 5.91 Å². The van der Waals surface area contributed by atoms with Crippen LogP contribution in [0.2, 0.25) is 5.02 Å². The van der Waals surface area contributed by atoms with E-state index in [1.54, 1.807) is 24.3 Å². The van der Waals surface area contributed by atoms with E-state index in [-0.39, 0.29) is 12.4 Å². The van der Waals surface area contributed by atoms with Gasteiger partial charge in [-0.1, -0.05) is 11.6 Å². The Bertz CT molecular complexity index is 765. The number of hydrazone groups is 1. The third kappa shape index (κ3) is 4.96. The van der Waals surface area contributed by atoms with Gasteiger partial charge in [-0.2, -0.15) is 5.10 Å². The van der Waals surface area contributed by atoms with Crippen molar-refractivity contribution in [3.05, 3.63) is 58.4 Å². The molecule has 0 unspecified atom stereocenters. The zero-order chi connectivity index (χ0) is 17.5. The third-order valence-electron chi connectivity index (χ3n) is 3.07. The van der Waals surface area contributed by atoms with Crippen LogP contribution in [0.4, 0.5) is 4.39 Å². The molecule has 0 radical (unpaired) electrons. The van der Waals surface area contributed by atoms with Gasteiger partial charge in [0.15, 0.2) is 18.2 Å². The summed E-state index contributed by atoms with van der Waals surface area (Å²) in [5.74, 6) is -0.234. The SMILES string of the molecule is COc1ccc(/C=N\NC(=O)COc2ccc(Cl)cc2C)cc1F. The van der Waals surface area contributed by atoms with Gasteiger partial charge in [0, 0.05) is 5.02 Å². The molecule has 0 atom stereocenters. The van der Waals surface area contributed by atoms with Crippen LogP contribution < -0.4 is 14.9 Å². The minimum absolute atomic E-state index is 0.142. The number of hydrogen-bond acceptors (Lipinski definition) is 4. The topological polar surface area (TPSA) is 59.9 Å². The Kier molecular flexibility index (Phi) is 6.14. The molecule has 2 rings (SSSR count). The van der Waals surface area contributed by atoms with Crippen molar-refractivity contribution in [2.24, 2.45) is 5.10 Å². The Hall–Kier alpha value is -2.60. The third-order valence-corrected chi connectivity index (χ3v) is 3.31. The van der Waals surface area contributed by atoms with Crippen molar-refractivity contribution in [1.29, 1.82) is 0 Å². The predicted octanol–water partition coefficient (Wildman–Crippen LogP) is 3.33. The quantitative estimate of drug-likeness (QED) is 0.642. The zero-order valence-electron chi connectivity index (χ0n) is 13.2. The molecule has 0 aromatic heterocycles. The lowest BCUT2D eigenvalue weighted by Gasteiger charge is -2.08. The number of carbonyl (C=O) groups is 1. The lowest BCUT2D eigenvalue weighted by Crippen LogP contribution is -2.24. The van der Waals surface area contributed by atoms with Gasteiger partial charge >= 0.3 is 0 Å². The lowest BCUT2D eigenvalue weighted by atomic mass is 10.2. The number of carbonyl (C=O) groups excluding carboxylic acids is 1. The molecule has 2 aromatic rings. The average Bonchev–Trinajstić information content (AvgIpc) is 2.54. The van der Waals surface area contributed by atoms with Crippen LogP contribution >= 0.6 is 11.6 Å². The maximum absolute atomic E-state index is 13.5. The highest BCUT2D eigenvalue weighted by atomic mass is 35.5. The fraction of sp³-hybridized carbons (Fsp3) is 0.176. The molecule has 0 aliphatic heterocycles. The molecule has 1 N–H and O–H groups in total. The number of halogens is 2. The molecule has 0 spiro atoms. The highest BCUT2D eigenvalue weighted by molar-refractivity contribution is 6.30. The van der Waals surface area contributed by atoms with E-state index < -0.39 is 11.7 Å². The van der Waals surface area contributed by atoms with Crippen LogP contribution in [0.25, 0.3) is 0 Å². The number of benzene rings is 2. The molecule has 0 heterocycles. The van der Waals surface area contributed by atoms with E-state index >= 15 is 0 Å². The normalized spacial score (nSPS) is 10.7. The maximum Gasteiger partial charge on any atom is 0.277 e. The molecular weight excluding hydrogens is 335 g/mol. The Morgan fingerprint density at radius 1 is 1.29 bits per heavy atom. The summed E-state index contributed by atoms with van der Waals surface area (Å²) in [5.41, 5.74) is 3.62. The second kappa shape index (κ2) is 8.31. The summed E-state index contributed by atoms with van der Waals surface area (Å²) in [6, 6.07) is 9.45. The van der Waals surface area contributed by atoms with Crippen LogP contribution in [0, 0.1) is 12.7 Å². The Morgan fingerprint density at radius 2 is 2.04 bits per heavy atom. The standard InChI is InChI=1S/C17H16ClFN2O3/c1-11-7-13(18)4-6-15(11)24-10-17(22)21-20-9-12-3-5-16(23-2)14(19)8-12/h3-9H,10H2,1-2H3,(H,21,22)/b20-9-. The van der Waals surface area contributed by atoms with Crippen molar-refractivity contribution in [3.8, 4) is 11.5 Å². The largest absolute Gasteiger partial charge is 0.494 e. The van der Waals surface area contributed by atoms with Crippen molar-refractivity contribution in [2.75, 3.05) is 13.7 Å². The summed E-state index contributed by atoms with van der Waals surface area (Å²) in [6.07, 6.45) is 1.33. The zero-order valence-corrected chi connectivity index (χ0v) is 13.9. The highest BCUT2D eigenvalue weighted by Crippen LogP contribution is 2.21.